The maximum atomic E-state index is 11.1. The molecule has 0 unspecified atom stereocenters. The van der Waals surface area contributed by atoms with Crippen LogP contribution in [-0.4, -0.2) is 5.91 Å². The van der Waals surface area contributed by atoms with Gasteiger partial charge in [0.25, 0.3) is 0 Å². The normalized spacial score (nSPS) is 10.1. The molecule has 92 valence electrons. The third-order valence-corrected chi connectivity index (χ3v) is 3.39. The first-order chi connectivity index (χ1) is 8.56. The fourth-order valence-corrected chi connectivity index (χ4v) is 2.36. The Balaban J connectivity index is 2.25. The lowest BCUT2D eigenvalue weighted by atomic mass is 10.2. The summed E-state index contributed by atoms with van der Waals surface area (Å²) < 4.78 is 7.21. The topological polar surface area (TPSA) is 52.3 Å². The summed E-state index contributed by atoms with van der Waals surface area (Å²) in [4.78, 5) is 11.1. The smallest absolute Gasteiger partial charge is 0.249 e. The standard InChI is InChI=1S/C13H9Br2NO2/c14-8-2-1-3-9(6-8)18-10-4-5-11(13(16)17)12(15)7-10/h1-7H,(H2,16,17). The van der Waals surface area contributed by atoms with Crippen LogP contribution in [0.3, 0.4) is 0 Å². The minimum Gasteiger partial charge on any atom is -0.457 e. The van der Waals surface area contributed by atoms with Crippen molar-refractivity contribution in [2.75, 3.05) is 0 Å². The molecule has 18 heavy (non-hydrogen) atoms. The van der Waals surface area contributed by atoms with E-state index in [1.165, 1.54) is 0 Å². The number of hydrogen-bond donors (Lipinski definition) is 1. The van der Waals surface area contributed by atoms with Gasteiger partial charge in [0.1, 0.15) is 11.5 Å². The van der Waals surface area contributed by atoms with Gasteiger partial charge in [-0.15, -0.1) is 0 Å². The molecule has 2 aromatic rings. The number of halogens is 2. The van der Waals surface area contributed by atoms with Crippen molar-refractivity contribution in [3.8, 4) is 11.5 Å². The zero-order chi connectivity index (χ0) is 13.1. The quantitative estimate of drug-likeness (QED) is 0.884. The first-order valence-electron chi connectivity index (χ1n) is 5.09. The van der Waals surface area contributed by atoms with Crippen molar-refractivity contribution in [3.05, 3.63) is 57.0 Å². The largest absolute Gasteiger partial charge is 0.457 e. The highest BCUT2D eigenvalue weighted by atomic mass is 79.9. The first kappa shape index (κ1) is 13.1. The zero-order valence-electron chi connectivity index (χ0n) is 9.19. The van der Waals surface area contributed by atoms with E-state index in [2.05, 4.69) is 31.9 Å². The molecule has 2 rings (SSSR count). The van der Waals surface area contributed by atoms with E-state index in [4.69, 9.17) is 10.5 Å². The monoisotopic (exact) mass is 369 g/mol. The summed E-state index contributed by atoms with van der Waals surface area (Å²) in [5, 5.41) is 0. The molecular formula is C13H9Br2NO2. The second-order valence-electron chi connectivity index (χ2n) is 3.57. The van der Waals surface area contributed by atoms with Crippen LogP contribution in [-0.2, 0) is 0 Å². The van der Waals surface area contributed by atoms with Gasteiger partial charge in [-0.2, -0.15) is 0 Å². The molecule has 0 saturated heterocycles. The van der Waals surface area contributed by atoms with E-state index in [0.29, 0.717) is 21.5 Å². The second kappa shape index (κ2) is 5.54. The summed E-state index contributed by atoms with van der Waals surface area (Å²) in [5.41, 5.74) is 5.65. The lowest BCUT2D eigenvalue weighted by Crippen LogP contribution is -2.11. The number of rotatable bonds is 3. The van der Waals surface area contributed by atoms with Gasteiger partial charge in [0.2, 0.25) is 5.91 Å². The van der Waals surface area contributed by atoms with E-state index in [0.717, 1.165) is 4.47 Å². The van der Waals surface area contributed by atoms with Crippen molar-refractivity contribution >= 4 is 37.8 Å². The van der Waals surface area contributed by atoms with Gasteiger partial charge in [-0.1, -0.05) is 22.0 Å². The van der Waals surface area contributed by atoms with Crippen LogP contribution in [0, 0.1) is 0 Å². The molecule has 1 amide bonds. The van der Waals surface area contributed by atoms with Crippen molar-refractivity contribution in [2.45, 2.75) is 0 Å². The Kier molecular flexibility index (Phi) is 4.04. The number of benzene rings is 2. The van der Waals surface area contributed by atoms with E-state index in [-0.39, 0.29) is 0 Å². The average Bonchev–Trinajstić information content (AvgIpc) is 2.28. The molecule has 0 fully saturated rings. The van der Waals surface area contributed by atoms with E-state index in [1.807, 2.05) is 24.3 Å². The van der Waals surface area contributed by atoms with E-state index >= 15 is 0 Å². The third-order valence-electron chi connectivity index (χ3n) is 2.24. The molecule has 0 aliphatic carbocycles. The van der Waals surface area contributed by atoms with Crippen molar-refractivity contribution in [3.63, 3.8) is 0 Å². The fraction of sp³-hybridized carbons (Fsp3) is 0. The molecule has 0 aliphatic rings. The van der Waals surface area contributed by atoms with Crippen LogP contribution in [0.25, 0.3) is 0 Å². The predicted molar refractivity (Wildman–Crippen MR) is 76.9 cm³/mol. The molecule has 2 N–H and O–H groups in total. The van der Waals surface area contributed by atoms with E-state index in [9.17, 15) is 4.79 Å². The molecule has 0 aliphatic heterocycles. The molecular weight excluding hydrogens is 362 g/mol. The minimum absolute atomic E-state index is 0.427. The molecule has 5 heteroatoms. The zero-order valence-corrected chi connectivity index (χ0v) is 12.4. The van der Waals surface area contributed by atoms with Crippen LogP contribution in [0.5, 0.6) is 11.5 Å². The SMILES string of the molecule is NC(=O)c1ccc(Oc2cccc(Br)c2)cc1Br. The van der Waals surface area contributed by atoms with Crippen molar-refractivity contribution < 1.29 is 9.53 Å². The third kappa shape index (κ3) is 3.11. The Labute approximate surface area is 121 Å². The number of amides is 1. The highest BCUT2D eigenvalue weighted by Gasteiger charge is 2.07. The number of ether oxygens (including phenoxy) is 1. The van der Waals surface area contributed by atoms with Gasteiger partial charge in [-0.05, 0) is 52.3 Å². The maximum Gasteiger partial charge on any atom is 0.249 e. The van der Waals surface area contributed by atoms with E-state index in [1.54, 1.807) is 18.2 Å². The lowest BCUT2D eigenvalue weighted by molar-refractivity contribution is 0.0999. The maximum absolute atomic E-state index is 11.1. The highest BCUT2D eigenvalue weighted by molar-refractivity contribution is 9.10. The van der Waals surface area contributed by atoms with Crippen LogP contribution < -0.4 is 10.5 Å². The van der Waals surface area contributed by atoms with Crippen molar-refractivity contribution in [1.29, 1.82) is 0 Å². The minimum atomic E-state index is -0.476. The van der Waals surface area contributed by atoms with Gasteiger partial charge >= 0.3 is 0 Å². The second-order valence-corrected chi connectivity index (χ2v) is 5.34. The lowest BCUT2D eigenvalue weighted by Gasteiger charge is -2.07. The number of nitrogens with two attached hydrogens (primary N) is 1. The number of hydrogen-bond acceptors (Lipinski definition) is 2. The molecule has 0 bridgehead atoms. The Bertz CT molecular complexity index is 599. The molecule has 3 nitrogen and oxygen atoms in total. The molecule has 0 heterocycles. The molecule has 0 spiro atoms. The molecule has 0 atom stereocenters. The van der Waals surface area contributed by atoms with Gasteiger partial charge in [-0.25, -0.2) is 0 Å². The van der Waals surface area contributed by atoms with Crippen LogP contribution >= 0.6 is 31.9 Å². The molecule has 2 aromatic carbocycles. The van der Waals surface area contributed by atoms with Crippen molar-refractivity contribution in [1.82, 2.24) is 0 Å². The first-order valence-corrected chi connectivity index (χ1v) is 6.67. The van der Waals surface area contributed by atoms with Gasteiger partial charge in [0.15, 0.2) is 0 Å². The summed E-state index contributed by atoms with van der Waals surface area (Å²) in [6.45, 7) is 0. The number of carbonyl (C=O) groups excluding carboxylic acids is 1. The molecule has 0 aromatic heterocycles. The summed E-state index contributed by atoms with van der Waals surface area (Å²) in [6, 6.07) is 12.5. The van der Waals surface area contributed by atoms with Gasteiger partial charge < -0.3 is 10.5 Å². The van der Waals surface area contributed by atoms with Crippen LogP contribution in [0.1, 0.15) is 10.4 Å². The summed E-state index contributed by atoms with van der Waals surface area (Å²) in [6.07, 6.45) is 0. The highest BCUT2D eigenvalue weighted by Crippen LogP contribution is 2.28. The van der Waals surface area contributed by atoms with Crippen molar-refractivity contribution in [2.24, 2.45) is 5.73 Å². The van der Waals surface area contributed by atoms with Gasteiger partial charge in [-0.3, -0.25) is 4.79 Å². The number of carbonyl (C=O) groups is 1. The Morgan fingerprint density at radius 2 is 1.78 bits per heavy atom. The summed E-state index contributed by atoms with van der Waals surface area (Å²) >= 11 is 6.66. The summed E-state index contributed by atoms with van der Waals surface area (Å²) in [5.74, 6) is 0.865. The number of primary amides is 1. The van der Waals surface area contributed by atoms with Gasteiger partial charge in [0.05, 0.1) is 5.56 Å². The molecule has 0 saturated carbocycles. The van der Waals surface area contributed by atoms with Crippen LogP contribution in [0.15, 0.2) is 51.4 Å². The predicted octanol–water partition coefficient (Wildman–Crippen LogP) is 4.10. The average molecular weight is 371 g/mol. The van der Waals surface area contributed by atoms with Crippen LogP contribution in [0.2, 0.25) is 0 Å². The Hall–Kier alpha value is -1.33. The fourth-order valence-electron chi connectivity index (χ4n) is 1.43. The van der Waals surface area contributed by atoms with E-state index < -0.39 is 5.91 Å². The van der Waals surface area contributed by atoms with Crippen LogP contribution in [0.4, 0.5) is 0 Å². The Morgan fingerprint density at radius 1 is 1.06 bits per heavy atom. The molecule has 0 radical (unpaired) electrons. The summed E-state index contributed by atoms with van der Waals surface area (Å²) in [7, 11) is 0. The van der Waals surface area contributed by atoms with Gasteiger partial charge in [0, 0.05) is 8.95 Å². The Morgan fingerprint density at radius 3 is 2.39 bits per heavy atom.